The first-order valence-corrected chi connectivity index (χ1v) is 10.9. The van der Waals surface area contributed by atoms with Crippen molar-refractivity contribution >= 4 is 23.4 Å². The molecule has 0 radical (unpaired) electrons. The highest BCUT2D eigenvalue weighted by Crippen LogP contribution is 2.37. The largest absolute Gasteiger partial charge is 0.336 e. The quantitative estimate of drug-likeness (QED) is 0.464. The number of carbonyl (C=O) groups excluding carboxylic acids is 1. The van der Waals surface area contributed by atoms with Crippen LogP contribution in [0.5, 0.6) is 0 Å². The molecule has 6 nitrogen and oxygen atoms in total. The lowest BCUT2D eigenvalue weighted by Crippen LogP contribution is -2.22. The van der Waals surface area contributed by atoms with Crippen LogP contribution in [0.3, 0.4) is 0 Å². The molecule has 1 fully saturated rings. The van der Waals surface area contributed by atoms with Crippen molar-refractivity contribution in [1.29, 1.82) is 0 Å². The Morgan fingerprint density at radius 3 is 2.34 bits per heavy atom. The van der Waals surface area contributed by atoms with E-state index < -0.39 is 5.25 Å². The summed E-state index contributed by atoms with van der Waals surface area (Å²) >= 11 is 1.33. The lowest BCUT2D eigenvalue weighted by atomic mass is 9.89. The number of aromatic nitrogens is 3. The summed E-state index contributed by atoms with van der Waals surface area (Å²) in [5, 5.41) is 11.7. The molecule has 29 heavy (non-hydrogen) atoms. The molecule has 1 aliphatic carbocycles. The van der Waals surface area contributed by atoms with Crippen molar-refractivity contribution in [3.63, 3.8) is 0 Å². The predicted octanol–water partition coefficient (Wildman–Crippen LogP) is 4.51. The Labute approximate surface area is 174 Å². The molecule has 1 atom stereocenters. The van der Waals surface area contributed by atoms with E-state index in [1.54, 1.807) is 4.68 Å². The van der Waals surface area contributed by atoms with E-state index in [9.17, 15) is 4.79 Å². The van der Waals surface area contributed by atoms with Gasteiger partial charge >= 0.3 is 0 Å². The Morgan fingerprint density at radius 1 is 1.00 bits per heavy atom. The Bertz CT molecular complexity index is 938. The summed E-state index contributed by atoms with van der Waals surface area (Å²) in [4.78, 5) is 13.1. The first-order chi connectivity index (χ1) is 14.2. The summed E-state index contributed by atoms with van der Waals surface area (Å²) in [7, 11) is 0. The molecule has 0 aliphatic heterocycles. The van der Waals surface area contributed by atoms with Crippen LogP contribution >= 0.6 is 11.8 Å². The number of para-hydroxylation sites is 1. The van der Waals surface area contributed by atoms with E-state index in [0.29, 0.717) is 11.1 Å². The molecule has 0 bridgehead atoms. The molecule has 4 rings (SSSR count). The van der Waals surface area contributed by atoms with Gasteiger partial charge in [-0.3, -0.25) is 4.79 Å². The van der Waals surface area contributed by atoms with Crippen molar-refractivity contribution in [2.75, 3.05) is 11.2 Å². The van der Waals surface area contributed by atoms with Crippen LogP contribution in [-0.4, -0.2) is 20.8 Å². The molecule has 0 spiro atoms. The molecule has 1 unspecified atom stereocenters. The van der Waals surface area contributed by atoms with Gasteiger partial charge in [-0.15, -0.1) is 10.2 Å². The monoisotopic (exact) mass is 407 g/mol. The zero-order valence-electron chi connectivity index (χ0n) is 16.2. The number of nitrogens with one attached hydrogen (secondary N) is 1. The molecule has 0 saturated heterocycles. The summed E-state index contributed by atoms with van der Waals surface area (Å²) in [5.74, 6) is 7.41. The van der Waals surface area contributed by atoms with Crippen LogP contribution in [0.15, 0.2) is 65.8 Å². The average Bonchev–Trinajstić information content (AvgIpc) is 3.14. The molecule has 3 N–H and O–H groups in total. The smallest absolute Gasteiger partial charge is 0.242 e. The zero-order valence-corrected chi connectivity index (χ0v) is 17.0. The van der Waals surface area contributed by atoms with Crippen LogP contribution in [0.1, 0.15) is 54.7 Å². The number of hydrogen-bond donors (Lipinski definition) is 2. The van der Waals surface area contributed by atoms with E-state index in [4.69, 9.17) is 5.84 Å². The van der Waals surface area contributed by atoms with Crippen molar-refractivity contribution < 1.29 is 4.79 Å². The maximum atomic E-state index is 13.1. The summed E-state index contributed by atoms with van der Waals surface area (Å²) in [5.41, 5.74) is 1.66. The molecule has 7 heteroatoms. The molecule has 150 valence electrons. The second kappa shape index (κ2) is 9.13. The van der Waals surface area contributed by atoms with E-state index in [1.165, 1.54) is 31.0 Å². The third kappa shape index (κ3) is 4.62. The molecule has 1 aromatic heterocycles. The number of hydrogen-bond acceptors (Lipinski definition) is 5. The van der Waals surface area contributed by atoms with Crippen LogP contribution in [-0.2, 0) is 4.79 Å². The fraction of sp³-hybridized carbons (Fsp3) is 0.318. The summed E-state index contributed by atoms with van der Waals surface area (Å²) in [6, 6.07) is 19.1. The minimum atomic E-state index is -0.484. The SMILES string of the molecule is Nn1c(SC(C(=O)Nc2ccccc2)c2ccccc2)nnc1C1CCCCC1. The Balaban J connectivity index is 1.57. The highest BCUT2D eigenvalue weighted by atomic mass is 32.2. The van der Waals surface area contributed by atoms with E-state index in [2.05, 4.69) is 15.5 Å². The van der Waals surface area contributed by atoms with Gasteiger partial charge < -0.3 is 11.2 Å². The van der Waals surface area contributed by atoms with Crippen molar-refractivity contribution in [1.82, 2.24) is 14.9 Å². The first kappa shape index (κ1) is 19.5. The van der Waals surface area contributed by atoms with Crippen molar-refractivity contribution in [3.8, 4) is 0 Å². The summed E-state index contributed by atoms with van der Waals surface area (Å²) in [6.07, 6.45) is 5.86. The van der Waals surface area contributed by atoms with Crippen LogP contribution in [0.25, 0.3) is 0 Å². The molecule has 1 amide bonds. The number of rotatable bonds is 6. The van der Waals surface area contributed by atoms with Gasteiger partial charge in [0.05, 0.1) is 0 Å². The van der Waals surface area contributed by atoms with E-state index >= 15 is 0 Å². The van der Waals surface area contributed by atoms with Gasteiger partial charge in [0.2, 0.25) is 11.1 Å². The highest BCUT2D eigenvalue weighted by molar-refractivity contribution is 8.00. The maximum absolute atomic E-state index is 13.1. The van der Waals surface area contributed by atoms with Crippen molar-refractivity contribution in [2.45, 2.75) is 48.4 Å². The molecule has 3 aromatic rings. The number of benzene rings is 2. The maximum Gasteiger partial charge on any atom is 0.242 e. The molecule has 1 aliphatic rings. The number of nitrogen functional groups attached to an aromatic ring is 1. The molecular formula is C22H25N5OS. The zero-order chi connectivity index (χ0) is 20.1. The van der Waals surface area contributed by atoms with Gasteiger partial charge in [0.15, 0.2) is 5.82 Å². The number of nitrogens with zero attached hydrogens (tertiary/aromatic N) is 3. The third-order valence-corrected chi connectivity index (χ3v) is 6.48. The normalized spacial score (nSPS) is 15.7. The van der Waals surface area contributed by atoms with E-state index in [-0.39, 0.29) is 5.91 Å². The Kier molecular flexibility index (Phi) is 6.14. The standard InChI is InChI=1S/C22H25N5OS/c23-27-20(17-12-6-2-7-13-17)25-26-22(27)29-19(16-10-4-1-5-11-16)21(28)24-18-14-8-3-9-15-18/h1,3-5,8-11,14-15,17,19H,2,6-7,12-13,23H2,(H,24,28). The minimum absolute atomic E-state index is 0.116. The van der Waals surface area contributed by atoms with Crippen LogP contribution in [0, 0.1) is 0 Å². The second-order valence-electron chi connectivity index (χ2n) is 7.31. The minimum Gasteiger partial charge on any atom is -0.336 e. The topological polar surface area (TPSA) is 85.8 Å². The highest BCUT2D eigenvalue weighted by Gasteiger charge is 2.27. The second-order valence-corrected chi connectivity index (χ2v) is 8.38. The van der Waals surface area contributed by atoms with Gasteiger partial charge in [-0.2, -0.15) is 0 Å². The van der Waals surface area contributed by atoms with Crippen LogP contribution < -0.4 is 11.2 Å². The summed E-state index contributed by atoms with van der Waals surface area (Å²) in [6.45, 7) is 0. The van der Waals surface area contributed by atoms with Gasteiger partial charge in [-0.25, -0.2) is 4.68 Å². The van der Waals surface area contributed by atoms with Gasteiger partial charge in [-0.1, -0.05) is 79.6 Å². The number of amides is 1. The number of carbonyl (C=O) groups is 1. The third-order valence-electron chi connectivity index (χ3n) is 5.27. The fourth-order valence-corrected chi connectivity index (χ4v) is 4.71. The Morgan fingerprint density at radius 2 is 1.66 bits per heavy atom. The number of nitrogens with two attached hydrogens (primary N) is 1. The lowest BCUT2D eigenvalue weighted by Gasteiger charge is -2.20. The predicted molar refractivity (Wildman–Crippen MR) is 116 cm³/mol. The van der Waals surface area contributed by atoms with Gasteiger partial charge in [0.25, 0.3) is 0 Å². The van der Waals surface area contributed by atoms with Crippen molar-refractivity contribution in [2.24, 2.45) is 0 Å². The lowest BCUT2D eigenvalue weighted by molar-refractivity contribution is -0.115. The van der Waals surface area contributed by atoms with Crippen LogP contribution in [0.2, 0.25) is 0 Å². The number of anilines is 1. The number of thioether (sulfide) groups is 1. The molecule has 2 aromatic carbocycles. The average molecular weight is 408 g/mol. The molecular weight excluding hydrogens is 382 g/mol. The van der Waals surface area contributed by atoms with Crippen LogP contribution in [0.4, 0.5) is 5.69 Å². The Hall–Kier alpha value is -2.80. The first-order valence-electron chi connectivity index (χ1n) is 10.0. The van der Waals surface area contributed by atoms with Crippen molar-refractivity contribution in [3.05, 3.63) is 72.1 Å². The van der Waals surface area contributed by atoms with Gasteiger partial charge in [0, 0.05) is 11.6 Å². The van der Waals surface area contributed by atoms with E-state index in [0.717, 1.165) is 29.9 Å². The fourth-order valence-electron chi connectivity index (χ4n) is 3.74. The molecule has 1 saturated carbocycles. The van der Waals surface area contributed by atoms with E-state index in [1.807, 2.05) is 60.7 Å². The van der Waals surface area contributed by atoms with Gasteiger partial charge in [0.1, 0.15) is 5.25 Å². The molecule has 1 heterocycles. The summed E-state index contributed by atoms with van der Waals surface area (Å²) < 4.78 is 1.58. The van der Waals surface area contributed by atoms with Gasteiger partial charge in [-0.05, 0) is 30.5 Å².